The molecule has 0 unspecified atom stereocenters. The second-order valence-electron chi connectivity index (χ2n) is 10.7. The molecule has 0 amide bonds. The number of aliphatic hydroxyl groups is 1. The summed E-state index contributed by atoms with van der Waals surface area (Å²) in [6.45, 7) is -0.399. The van der Waals surface area contributed by atoms with E-state index in [2.05, 4.69) is 10.1 Å². The lowest BCUT2D eigenvalue weighted by Gasteiger charge is -2.25. The Labute approximate surface area is 237 Å². The van der Waals surface area contributed by atoms with Crippen LogP contribution in [-0.2, 0) is 35.8 Å². The smallest absolute Gasteiger partial charge is 0.323 e. The molecule has 5 atom stereocenters. The molecule has 5 N–H and O–H groups in total. The van der Waals surface area contributed by atoms with E-state index in [0.717, 1.165) is 37.7 Å². The van der Waals surface area contributed by atoms with Gasteiger partial charge in [0.25, 0.3) is 0 Å². The van der Waals surface area contributed by atoms with Crippen LogP contribution in [0.1, 0.15) is 49.8 Å². The molecule has 1 saturated carbocycles. The maximum absolute atomic E-state index is 13.0. The van der Waals surface area contributed by atoms with Gasteiger partial charge < -0.3 is 30.8 Å². The number of carbonyl (C=O) groups is 2. The van der Waals surface area contributed by atoms with Crippen LogP contribution in [0.15, 0.2) is 48.8 Å². The van der Waals surface area contributed by atoms with Crippen molar-refractivity contribution in [2.24, 2.45) is 11.7 Å². The van der Waals surface area contributed by atoms with Gasteiger partial charge in [-0.15, -0.1) is 0 Å². The minimum absolute atomic E-state index is 0.166. The summed E-state index contributed by atoms with van der Waals surface area (Å²) in [4.78, 5) is 29.7. The number of nitriles is 1. The number of nitrogens with two attached hydrogens (primary N) is 2. The second kappa shape index (κ2) is 12.2. The standard InChI is InChI=1S/C29H34N6O6/c30-16-29(23-12-11-21-27(32)33-17-34-35(21)23)26(37)25(40-24(36)14-19-9-5-2-6-10-19)22(41-29)15-39-28(38)20(31)13-18-7-3-1-4-8-18/h1,3-4,7-8,11-12,17,19-20,22,25-26,37H,2,5-6,9-10,13-15,31H2,(H2,32,33,34)/t20-,22+,25+,26+,29-/m0/s1. The quantitative estimate of drug-likeness (QED) is 0.322. The first-order valence-electron chi connectivity index (χ1n) is 13.8. The summed E-state index contributed by atoms with van der Waals surface area (Å²) in [6, 6.07) is 13.5. The highest BCUT2D eigenvalue weighted by Crippen LogP contribution is 2.42. The van der Waals surface area contributed by atoms with Gasteiger partial charge in [-0.1, -0.05) is 49.6 Å². The number of hydrogen-bond acceptors (Lipinski definition) is 11. The van der Waals surface area contributed by atoms with Crippen LogP contribution in [0.2, 0.25) is 0 Å². The fourth-order valence-corrected chi connectivity index (χ4v) is 5.72. The normalized spacial score (nSPS) is 25.4. The third-order valence-corrected chi connectivity index (χ3v) is 7.90. The van der Waals surface area contributed by atoms with Crippen molar-refractivity contribution < 1.29 is 28.9 Å². The van der Waals surface area contributed by atoms with E-state index in [1.54, 1.807) is 6.07 Å². The molecule has 2 aliphatic rings. The Hall–Kier alpha value is -4.05. The van der Waals surface area contributed by atoms with E-state index in [1.807, 2.05) is 36.4 Å². The fourth-order valence-electron chi connectivity index (χ4n) is 5.72. The summed E-state index contributed by atoms with van der Waals surface area (Å²) >= 11 is 0. The first-order chi connectivity index (χ1) is 19.8. The van der Waals surface area contributed by atoms with Gasteiger partial charge in [0, 0.05) is 6.42 Å². The lowest BCUT2D eigenvalue weighted by molar-refractivity contribution is -0.161. The van der Waals surface area contributed by atoms with E-state index >= 15 is 0 Å². The van der Waals surface area contributed by atoms with E-state index in [0.29, 0.717) is 5.52 Å². The van der Waals surface area contributed by atoms with Crippen LogP contribution in [0.5, 0.6) is 0 Å². The molecular formula is C29H34N6O6. The van der Waals surface area contributed by atoms with Gasteiger partial charge in [-0.2, -0.15) is 10.4 Å². The average molecular weight is 563 g/mol. The van der Waals surface area contributed by atoms with Crippen molar-refractivity contribution in [2.75, 3.05) is 12.3 Å². The first-order valence-corrected chi connectivity index (χ1v) is 13.8. The van der Waals surface area contributed by atoms with E-state index in [1.165, 1.54) is 16.9 Å². The molecule has 12 heteroatoms. The molecule has 1 saturated heterocycles. The van der Waals surface area contributed by atoms with Crippen LogP contribution < -0.4 is 11.5 Å². The van der Waals surface area contributed by atoms with Gasteiger partial charge in [0.1, 0.15) is 42.8 Å². The number of aliphatic hydroxyl groups excluding tert-OH is 1. The number of nitrogens with zero attached hydrogens (tertiary/aromatic N) is 4. The number of fused-ring (bicyclic) bond motifs is 1. The van der Waals surface area contributed by atoms with E-state index < -0.39 is 48.5 Å². The molecule has 3 heterocycles. The molecule has 41 heavy (non-hydrogen) atoms. The Morgan fingerprint density at radius 1 is 1.20 bits per heavy atom. The number of ether oxygens (including phenoxy) is 3. The number of anilines is 1. The molecule has 2 aromatic heterocycles. The predicted molar refractivity (Wildman–Crippen MR) is 146 cm³/mol. The molecule has 1 aliphatic heterocycles. The molecule has 0 radical (unpaired) electrons. The number of carbonyl (C=O) groups excluding carboxylic acids is 2. The van der Waals surface area contributed by atoms with Crippen LogP contribution in [0, 0.1) is 17.2 Å². The van der Waals surface area contributed by atoms with E-state index in [-0.39, 0.29) is 30.3 Å². The van der Waals surface area contributed by atoms with Crippen LogP contribution >= 0.6 is 0 Å². The first kappa shape index (κ1) is 28.5. The van der Waals surface area contributed by atoms with Gasteiger partial charge in [-0.25, -0.2) is 9.50 Å². The van der Waals surface area contributed by atoms with Crippen molar-refractivity contribution in [3.05, 3.63) is 60.0 Å². The molecule has 0 bridgehead atoms. The molecule has 1 aliphatic carbocycles. The molecule has 0 spiro atoms. The summed E-state index contributed by atoms with van der Waals surface area (Å²) in [5.74, 6) is -0.845. The zero-order chi connectivity index (χ0) is 29.0. The highest BCUT2D eigenvalue weighted by molar-refractivity contribution is 5.76. The molecular weight excluding hydrogens is 528 g/mol. The molecule has 216 valence electrons. The molecule has 3 aromatic rings. The topological polar surface area (TPSA) is 188 Å². The average Bonchev–Trinajstić information content (AvgIpc) is 3.53. The van der Waals surface area contributed by atoms with Crippen molar-refractivity contribution >= 4 is 23.3 Å². The second-order valence-corrected chi connectivity index (χ2v) is 10.7. The SMILES string of the molecule is N#C[C@@]1(c2ccc3c(N)ncnn23)O[C@H](COC(=O)[C@@H](N)Cc2ccccc2)[C@@H](OC(=O)CC2CCCCC2)[C@H]1O. The van der Waals surface area contributed by atoms with Gasteiger partial charge >= 0.3 is 11.9 Å². The Morgan fingerprint density at radius 2 is 1.95 bits per heavy atom. The van der Waals surface area contributed by atoms with E-state index in [4.69, 9.17) is 25.7 Å². The minimum Gasteiger partial charge on any atom is -0.462 e. The maximum atomic E-state index is 13.0. The summed E-state index contributed by atoms with van der Waals surface area (Å²) in [5, 5.41) is 26.0. The van der Waals surface area contributed by atoms with Crippen LogP contribution in [0.25, 0.3) is 5.52 Å². The zero-order valence-corrected chi connectivity index (χ0v) is 22.6. The lowest BCUT2D eigenvalue weighted by Crippen LogP contribution is -2.43. The third-order valence-electron chi connectivity index (χ3n) is 7.90. The number of esters is 2. The highest BCUT2D eigenvalue weighted by Gasteiger charge is 2.60. The highest BCUT2D eigenvalue weighted by atomic mass is 16.6. The monoisotopic (exact) mass is 562 g/mol. The number of benzene rings is 1. The Bertz CT molecular complexity index is 1420. The Balaban J connectivity index is 1.37. The van der Waals surface area contributed by atoms with Gasteiger partial charge in [0.2, 0.25) is 5.60 Å². The predicted octanol–water partition coefficient (Wildman–Crippen LogP) is 1.79. The van der Waals surface area contributed by atoms with Crippen LogP contribution in [0.4, 0.5) is 5.82 Å². The summed E-state index contributed by atoms with van der Waals surface area (Å²) in [5.41, 5.74) is 11.5. The summed E-state index contributed by atoms with van der Waals surface area (Å²) < 4.78 is 18.7. The maximum Gasteiger partial charge on any atom is 0.323 e. The van der Waals surface area contributed by atoms with Crippen molar-refractivity contribution in [2.45, 2.75) is 74.9 Å². The molecule has 12 nitrogen and oxygen atoms in total. The van der Waals surface area contributed by atoms with Gasteiger partial charge in [-0.3, -0.25) is 9.59 Å². The largest absolute Gasteiger partial charge is 0.462 e. The number of aromatic nitrogens is 3. The van der Waals surface area contributed by atoms with Crippen LogP contribution in [-0.4, -0.2) is 62.6 Å². The fraction of sp³-hybridized carbons (Fsp3) is 0.483. The van der Waals surface area contributed by atoms with Gasteiger partial charge in [0.05, 0.1) is 5.69 Å². The van der Waals surface area contributed by atoms with Crippen LogP contribution in [0.3, 0.4) is 0 Å². The van der Waals surface area contributed by atoms with Crippen molar-refractivity contribution in [3.63, 3.8) is 0 Å². The van der Waals surface area contributed by atoms with Gasteiger partial charge in [0.15, 0.2) is 11.9 Å². The number of nitrogen functional groups attached to an aromatic ring is 1. The summed E-state index contributed by atoms with van der Waals surface area (Å²) in [7, 11) is 0. The zero-order valence-electron chi connectivity index (χ0n) is 22.6. The van der Waals surface area contributed by atoms with E-state index in [9.17, 15) is 20.0 Å². The Morgan fingerprint density at radius 3 is 2.68 bits per heavy atom. The number of hydrogen-bond donors (Lipinski definition) is 3. The van der Waals surface area contributed by atoms with Gasteiger partial charge in [-0.05, 0) is 42.9 Å². The third kappa shape index (κ3) is 5.88. The molecule has 5 rings (SSSR count). The minimum atomic E-state index is -2.01. The molecule has 1 aromatic carbocycles. The molecule has 2 fully saturated rings. The van der Waals surface area contributed by atoms with Crippen molar-refractivity contribution in [1.29, 1.82) is 5.26 Å². The van der Waals surface area contributed by atoms with Crippen molar-refractivity contribution in [3.8, 4) is 6.07 Å². The summed E-state index contributed by atoms with van der Waals surface area (Å²) in [6.07, 6.45) is 2.69. The lowest BCUT2D eigenvalue weighted by atomic mass is 9.87. The van der Waals surface area contributed by atoms with Crippen molar-refractivity contribution in [1.82, 2.24) is 14.6 Å². The Kier molecular flexibility index (Phi) is 8.49. The number of rotatable bonds is 9.